The Bertz CT molecular complexity index is 2640. The lowest BCUT2D eigenvalue weighted by molar-refractivity contribution is 1.30. The van der Waals surface area contributed by atoms with Gasteiger partial charge in [-0.25, -0.2) is 0 Å². The topological polar surface area (TPSA) is 3.24 Å². The van der Waals surface area contributed by atoms with E-state index in [0.717, 1.165) is 17.1 Å². The van der Waals surface area contributed by atoms with E-state index in [0.29, 0.717) is 0 Å². The van der Waals surface area contributed by atoms with E-state index in [1.807, 2.05) is 0 Å². The van der Waals surface area contributed by atoms with Gasteiger partial charge in [0.25, 0.3) is 0 Å². The van der Waals surface area contributed by atoms with Crippen LogP contribution >= 0.6 is 0 Å². The molecule has 0 saturated heterocycles. The summed E-state index contributed by atoms with van der Waals surface area (Å²) in [5.74, 6) is 0. The molecule has 0 amide bonds. The van der Waals surface area contributed by atoms with Crippen molar-refractivity contribution in [2.75, 3.05) is 4.90 Å². The fourth-order valence-electron chi connectivity index (χ4n) is 7.47. The van der Waals surface area contributed by atoms with Gasteiger partial charge in [-0.05, 0) is 85.4 Å². The third-order valence-electron chi connectivity index (χ3n) is 9.85. The predicted molar refractivity (Wildman–Crippen MR) is 218 cm³/mol. The van der Waals surface area contributed by atoms with Crippen LogP contribution in [-0.2, 0) is 0 Å². The van der Waals surface area contributed by atoms with Gasteiger partial charge in [-0.3, -0.25) is 0 Å². The number of benzene rings is 9. The summed E-state index contributed by atoms with van der Waals surface area (Å²) >= 11 is 0. The van der Waals surface area contributed by atoms with E-state index in [9.17, 15) is 0 Å². The lowest BCUT2D eigenvalue weighted by Gasteiger charge is -2.29. The fourth-order valence-corrected chi connectivity index (χ4v) is 7.47. The van der Waals surface area contributed by atoms with Crippen LogP contribution in [0.4, 0.5) is 17.1 Å². The van der Waals surface area contributed by atoms with Crippen molar-refractivity contribution in [3.05, 3.63) is 212 Å². The average molecular weight is 650 g/mol. The Balaban J connectivity index is 1.24. The minimum absolute atomic E-state index is 1.10. The third kappa shape index (κ3) is 5.75. The molecule has 0 radical (unpaired) electrons. The zero-order valence-corrected chi connectivity index (χ0v) is 28.2. The Morgan fingerprint density at radius 1 is 0.255 bits per heavy atom. The van der Waals surface area contributed by atoms with E-state index in [1.54, 1.807) is 0 Å². The Labute approximate surface area is 299 Å². The van der Waals surface area contributed by atoms with Crippen LogP contribution in [0.2, 0.25) is 0 Å². The molecule has 240 valence electrons. The predicted octanol–water partition coefficient (Wildman–Crippen LogP) is 14.1. The first-order chi connectivity index (χ1) is 25.3. The summed E-state index contributed by atoms with van der Waals surface area (Å²) in [5.41, 5.74) is 13.0. The molecule has 9 rings (SSSR count). The maximum absolute atomic E-state index is 2.44. The minimum atomic E-state index is 1.10. The number of anilines is 3. The second-order valence-electron chi connectivity index (χ2n) is 12.9. The van der Waals surface area contributed by atoms with Crippen molar-refractivity contribution in [2.45, 2.75) is 0 Å². The standard InChI is InChI=1S/C50H35N/c1-2-16-36(17-3-1)43-27-8-9-28-45(43)41-24-13-25-42(35-41)51(50-33-15-21-38-19-5-7-29-47(38)50)49-32-11-10-30-48(49)40-23-12-22-39(34-40)46-31-14-20-37-18-4-6-26-44(37)46/h1-35H. The smallest absolute Gasteiger partial charge is 0.0540 e. The van der Waals surface area contributed by atoms with E-state index in [2.05, 4.69) is 217 Å². The van der Waals surface area contributed by atoms with Crippen molar-refractivity contribution in [3.8, 4) is 44.5 Å². The van der Waals surface area contributed by atoms with Gasteiger partial charge in [0.15, 0.2) is 0 Å². The van der Waals surface area contributed by atoms with Crippen molar-refractivity contribution >= 4 is 38.6 Å². The van der Waals surface area contributed by atoms with Crippen molar-refractivity contribution in [3.63, 3.8) is 0 Å². The highest BCUT2D eigenvalue weighted by atomic mass is 15.1. The first-order valence-electron chi connectivity index (χ1n) is 17.5. The summed E-state index contributed by atoms with van der Waals surface area (Å²) in [7, 11) is 0. The van der Waals surface area contributed by atoms with Gasteiger partial charge >= 0.3 is 0 Å². The number of nitrogens with zero attached hydrogens (tertiary/aromatic N) is 1. The summed E-state index contributed by atoms with van der Waals surface area (Å²) in [5, 5.41) is 4.92. The van der Waals surface area contributed by atoms with Crippen LogP contribution < -0.4 is 4.90 Å². The molecule has 0 heterocycles. The molecular formula is C50H35N. The molecule has 51 heavy (non-hydrogen) atoms. The molecule has 0 aromatic heterocycles. The van der Waals surface area contributed by atoms with Crippen LogP contribution in [-0.4, -0.2) is 0 Å². The number of hydrogen-bond acceptors (Lipinski definition) is 1. The molecule has 0 spiro atoms. The van der Waals surface area contributed by atoms with Crippen LogP contribution in [0, 0.1) is 0 Å². The summed E-state index contributed by atoms with van der Waals surface area (Å²) < 4.78 is 0. The Hall–Kier alpha value is -6.70. The van der Waals surface area contributed by atoms with Crippen LogP contribution in [0.5, 0.6) is 0 Å². The Kier molecular flexibility index (Phi) is 7.92. The van der Waals surface area contributed by atoms with Gasteiger partial charge in [0, 0.05) is 16.6 Å². The van der Waals surface area contributed by atoms with Crippen molar-refractivity contribution in [1.29, 1.82) is 0 Å². The molecule has 0 aliphatic rings. The Morgan fingerprint density at radius 2 is 0.706 bits per heavy atom. The van der Waals surface area contributed by atoms with E-state index >= 15 is 0 Å². The van der Waals surface area contributed by atoms with E-state index < -0.39 is 0 Å². The van der Waals surface area contributed by atoms with Gasteiger partial charge in [0.2, 0.25) is 0 Å². The van der Waals surface area contributed by atoms with Crippen LogP contribution in [0.25, 0.3) is 66.1 Å². The van der Waals surface area contributed by atoms with Gasteiger partial charge in [-0.1, -0.05) is 182 Å². The molecule has 0 atom stereocenters. The zero-order chi connectivity index (χ0) is 34.0. The number of hydrogen-bond donors (Lipinski definition) is 0. The Morgan fingerprint density at radius 3 is 1.49 bits per heavy atom. The highest BCUT2D eigenvalue weighted by Gasteiger charge is 2.20. The molecule has 1 nitrogen and oxygen atoms in total. The summed E-state index contributed by atoms with van der Waals surface area (Å²) in [4.78, 5) is 2.44. The number of para-hydroxylation sites is 1. The number of fused-ring (bicyclic) bond motifs is 2. The molecule has 0 aliphatic carbocycles. The van der Waals surface area contributed by atoms with Crippen LogP contribution in [0.1, 0.15) is 0 Å². The van der Waals surface area contributed by atoms with Crippen LogP contribution in [0.15, 0.2) is 212 Å². The first kappa shape index (κ1) is 30.4. The minimum Gasteiger partial charge on any atom is -0.309 e. The fraction of sp³-hybridized carbons (Fsp3) is 0. The maximum atomic E-state index is 2.44. The van der Waals surface area contributed by atoms with E-state index in [4.69, 9.17) is 0 Å². The SMILES string of the molecule is c1ccc(-c2ccccc2-c2cccc(N(c3ccccc3-c3cccc(-c4cccc5ccccc45)c3)c3cccc4ccccc34)c2)cc1. The quantitative estimate of drug-likeness (QED) is 0.166. The monoisotopic (exact) mass is 649 g/mol. The molecule has 0 N–H and O–H groups in total. The average Bonchev–Trinajstić information content (AvgIpc) is 3.21. The lowest BCUT2D eigenvalue weighted by atomic mass is 9.93. The zero-order valence-electron chi connectivity index (χ0n) is 28.2. The molecule has 9 aromatic carbocycles. The second kappa shape index (κ2) is 13.3. The summed E-state index contributed by atoms with van der Waals surface area (Å²) in [6.07, 6.45) is 0. The molecule has 1 heteroatoms. The van der Waals surface area contributed by atoms with Gasteiger partial charge in [0.1, 0.15) is 0 Å². The van der Waals surface area contributed by atoms with Crippen molar-refractivity contribution < 1.29 is 0 Å². The van der Waals surface area contributed by atoms with Crippen molar-refractivity contribution in [1.82, 2.24) is 0 Å². The maximum Gasteiger partial charge on any atom is 0.0540 e. The second-order valence-corrected chi connectivity index (χ2v) is 12.9. The molecule has 0 bridgehead atoms. The summed E-state index contributed by atoms with van der Waals surface area (Å²) in [6.45, 7) is 0. The first-order valence-corrected chi connectivity index (χ1v) is 17.5. The molecule has 0 fully saturated rings. The normalized spacial score (nSPS) is 11.1. The highest BCUT2D eigenvalue weighted by molar-refractivity contribution is 6.02. The highest BCUT2D eigenvalue weighted by Crippen LogP contribution is 2.45. The molecule has 9 aromatic rings. The summed E-state index contributed by atoms with van der Waals surface area (Å²) in [6, 6.07) is 76.7. The van der Waals surface area contributed by atoms with Crippen molar-refractivity contribution in [2.24, 2.45) is 0 Å². The molecule has 0 saturated carbocycles. The largest absolute Gasteiger partial charge is 0.309 e. The van der Waals surface area contributed by atoms with E-state index in [1.165, 1.54) is 66.1 Å². The van der Waals surface area contributed by atoms with Crippen LogP contribution in [0.3, 0.4) is 0 Å². The van der Waals surface area contributed by atoms with Gasteiger partial charge in [-0.15, -0.1) is 0 Å². The molecular weight excluding hydrogens is 615 g/mol. The molecule has 0 unspecified atom stereocenters. The van der Waals surface area contributed by atoms with Gasteiger partial charge in [-0.2, -0.15) is 0 Å². The lowest BCUT2D eigenvalue weighted by Crippen LogP contribution is -2.12. The number of rotatable bonds is 7. The van der Waals surface area contributed by atoms with E-state index in [-0.39, 0.29) is 0 Å². The molecule has 0 aliphatic heterocycles. The third-order valence-corrected chi connectivity index (χ3v) is 9.85. The van der Waals surface area contributed by atoms with Gasteiger partial charge in [0.05, 0.1) is 11.4 Å². The van der Waals surface area contributed by atoms with Gasteiger partial charge < -0.3 is 4.90 Å².